The number of halogens is 1. The highest BCUT2D eigenvalue weighted by molar-refractivity contribution is 5.93. The highest BCUT2D eigenvalue weighted by Gasteiger charge is 2.47. The number of carbonyl (C=O) groups is 1. The molecule has 0 aromatic carbocycles. The molecule has 154 valence electrons. The summed E-state index contributed by atoms with van der Waals surface area (Å²) in [5.74, 6) is 0.923. The van der Waals surface area contributed by atoms with Crippen LogP contribution in [0.1, 0.15) is 84.5 Å². The number of ether oxygens (including phenoxy) is 1. The van der Waals surface area contributed by atoms with Gasteiger partial charge in [0.15, 0.2) is 0 Å². The van der Waals surface area contributed by atoms with Gasteiger partial charge in [0.2, 0.25) is 0 Å². The van der Waals surface area contributed by atoms with Crippen LogP contribution < -0.4 is 23.0 Å². The van der Waals surface area contributed by atoms with E-state index in [1.807, 2.05) is 6.92 Å². The number of unbranched alkanes of at least 4 members (excludes halogenated alkanes) is 6. The van der Waals surface area contributed by atoms with Gasteiger partial charge >= 0.3 is 11.9 Å². The molecule has 5 nitrogen and oxygen atoms in total. The van der Waals surface area contributed by atoms with Gasteiger partial charge in [0.05, 0.1) is 24.9 Å². The molecule has 1 saturated heterocycles. The van der Waals surface area contributed by atoms with Crippen LogP contribution in [-0.4, -0.2) is 41.7 Å². The lowest BCUT2D eigenvalue weighted by atomic mass is 9.97. The van der Waals surface area contributed by atoms with Crippen molar-refractivity contribution in [2.24, 2.45) is 0 Å². The number of nitrogens with zero attached hydrogens (tertiary/aromatic N) is 1. The van der Waals surface area contributed by atoms with Crippen LogP contribution in [0, 0.1) is 0 Å². The Labute approximate surface area is 170 Å². The predicted octanol–water partition coefficient (Wildman–Crippen LogP) is 0.443. The molecule has 3 atom stereocenters. The minimum absolute atomic E-state index is 0. The van der Waals surface area contributed by atoms with Crippen LogP contribution >= 0.6 is 0 Å². The van der Waals surface area contributed by atoms with Gasteiger partial charge in [0.25, 0.3) is 0 Å². The van der Waals surface area contributed by atoms with Crippen LogP contribution in [-0.2, 0) is 9.53 Å². The first kappa shape index (κ1) is 22.1. The van der Waals surface area contributed by atoms with E-state index in [2.05, 4.69) is 22.1 Å². The Morgan fingerprint density at radius 3 is 2.56 bits per heavy atom. The van der Waals surface area contributed by atoms with E-state index < -0.39 is 0 Å². The fraction of sp³-hybridized carbons (Fsp3) is 0.810. The predicted molar refractivity (Wildman–Crippen MR) is 104 cm³/mol. The van der Waals surface area contributed by atoms with E-state index in [1.165, 1.54) is 71.3 Å². The molecule has 27 heavy (non-hydrogen) atoms. The van der Waals surface area contributed by atoms with Gasteiger partial charge in [0.1, 0.15) is 11.6 Å². The molecule has 0 unspecified atom stereocenters. The molecule has 3 aliphatic rings. The smallest absolute Gasteiger partial charge is 0.351 e. The molecule has 6 heteroatoms. The topological polar surface area (TPSA) is 53.4 Å². The second-order valence-electron chi connectivity index (χ2n) is 8.15. The Hall–Kier alpha value is -1.23. The summed E-state index contributed by atoms with van der Waals surface area (Å²) in [6.07, 6.45) is 14.2. The highest BCUT2D eigenvalue weighted by atomic mass is 35.5. The molecule has 3 aliphatic heterocycles. The van der Waals surface area contributed by atoms with E-state index in [-0.39, 0.29) is 24.4 Å². The van der Waals surface area contributed by atoms with Crippen molar-refractivity contribution in [2.75, 3.05) is 7.11 Å². The maximum absolute atomic E-state index is 12.2. The average Bonchev–Trinajstić information content (AvgIpc) is 3.05. The molecular weight excluding hydrogens is 362 g/mol. The molecule has 0 radical (unpaired) electrons. The fourth-order valence-electron chi connectivity index (χ4n) is 4.92. The van der Waals surface area contributed by atoms with Crippen molar-refractivity contribution in [3.63, 3.8) is 0 Å². The number of esters is 1. The average molecular weight is 398 g/mol. The molecule has 0 aromatic heterocycles. The van der Waals surface area contributed by atoms with Gasteiger partial charge in [-0.25, -0.2) is 10.1 Å². The van der Waals surface area contributed by atoms with E-state index >= 15 is 0 Å². The number of hydrogen-bond donors (Lipinski definition) is 2. The second kappa shape index (κ2) is 10.4. The van der Waals surface area contributed by atoms with Crippen molar-refractivity contribution in [3.8, 4) is 0 Å². The molecule has 1 fully saturated rings. The number of hydrogen-bond acceptors (Lipinski definition) is 4. The lowest BCUT2D eigenvalue weighted by Gasteiger charge is -2.33. The summed E-state index contributed by atoms with van der Waals surface area (Å²) >= 11 is 0. The Bertz CT molecular complexity index is 588. The van der Waals surface area contributed by atoms with Gasteiger partial charge in [-0.2, -0.15) is 0 Å². The molecular formula is C21H36ClN3O2. The molecule has 0 bridgehead atoms. The molecule has 0 amide bonds. The first-order valence-electron chi connectivity index (χ1n) is 10.6. The number of carbonyl (C=O) groups excluding carboxylic acids is 1. The van der Waals surface area contributed by atoms with Crippen LogP contribution in [0.4, 0.5) is 0 Å². The van der Waals surface area contributed by atoms with Crippen LogP contribution in [0.3, 0.4) is 0 Å². The normalized spacial score (nSPS) is 26.1. The van der Waals surface area contributed by atoms with E-state index in [9.17, 15) is 4.79 Å². The van der Waals surface area contributed by atoms with Gasteiger partial charge < -0.3 is 17.1 Å². The van der Waals surface area contributed by atoms with Crippen molar-refractivity contribution in [3.05, 3.63) is 11.3 Å². The van der Waals surface area contributed by atoms with Crippen molar-refractivity contribution < 1.29 is 26.5 Å². The molecule has 0 spiro atoms. The summed E-state index contributed by atoms with van der Waals surface area (Å²) in [6, 6.07) is 1.28. The van der Waals surface area contributed by atoms with Crippen molar-refractivity contribution in [1.82, 2.24) is 10.6 Å². The molecule has 3 rings (SSSR count). The number of methoxy groups -OCH3 is 1. The lowest BCUT2D eigenvalue weighted by molar-refractivity contribution is -0.580. The number of nitrogens with one attached hydrogen (secondary N) is 2. The van der Waals surface area contributed by atoms with Gasteiger partial charge in [-0.15, -0.1) is 0 Å². The van der Waals surface area contributed by atoms with E-state index in [1.54, 1.807) is 0 Å². The maximum Gasteiger partial charge on any atom is 0.351 e. The fourth-order valence-corrected chi connectivity index (χ4v) is 4.92. The molecule has 3 heterocycles. The summed E-state index contributed by atoms with van der Waals surface area (Å²) in [7, 11) is 1.47. The summed E-state index contributed by atoms with van der Waals surface area (Å²) in [4.78, 5) is 12.2. The number of rotatable bonds is 9. The Morgan fingerprint density at radius 1 is 1.15 bits per heavy atom. The molecule has 2 N–H and O–H groups in total. The Balaban J connectivity index is 0.00000261. The van der Waals surface area contributed by atoms with Crippen LogP contribution in [0.5, 0.6) is 0 Å². The third-order valence-corrected chi connectivity index (χ3v) is 6.26. The zero-order valence-corrected chi connectivity index (χ0v) is 17.9. The Kier molecular flexibility index (Phi) is 8.46. The monoisotopic (exact) mass is 397 g/mol. The lowest BCUT2D eigenvalue weighted by Crippen LogP contribution is -3.00. The van der Waals surface area contributed by atoms with Crippen LogP contribution in [0.15, 0.2) is 11.3 Å². The maximum atomic E-state index is 12.2. The van der Waals surface area contributed by atoms with Crippen molar-refractivity contribution in [2.45, 2.75) is 103 Å². The third-order valence-electron chi connectivity index (χ3n) is 6.26. The van der Waals surface area contributed by atoms with Crippen LogP contribution in [0.25, 0.3) is 0 Å². The van der Waals surface area contributed by atoms with Gasteiger partial charge in [-0.1, -0.05) is 51.9 Å². The first-order chi connectivity index (χ1) is 12.7. The Morgan fingerprint density at radius 2 is 1.85 bits per heavy atom. The van der Waals surface area contributed by atoms with Crippen LogP contribution in [0.2, 0.25) is 0 Å². The highest BCUT2D eigenvalue weighted by Crippen LogP contribution is 2.34. The number of allylic oxidation sites excluding steroid dienone is 1. The zero-order valence-electron chi connectivity index (χ0n) is 17.2. The second-order valence-corrected chi connectivity index (χ2v) is 8.15. The summed E-state index contributed by atoms with van der Waals surface area (Å²) in [5.41, 5.74) is 1.75. The molecule has 0 aromatic rings. The minimum Gasteiger partial charge on any atom is -1.00 e. The molecule has 0 saturated carbocycles. The van der Waals surface area contributed by atoms with Crippen molar-refractivity contribution >= 4 is 11.9 Å². The van der Waals surface area contributed by atoms with Gasteiger partial charge in [0, 0.05) is 6.42 Å². The minimum atomic E-state index is -0.190. The van der Waals surface area contributed by atoms with E-state index in [4.69, 9.17) is 4.74 Å². The summed E-state index contributed by atoms with van der Waals surface area (Å²) in [5, 5.41) is 7.17. The first-order valence-corrected chi connectivity index (χ1v) is 10.6. The summed E-state index contributed by atoms with van der Waals surface area (Å²) in [6.45, 7) is 4.26. The molecule has 0 aliphatic carbocycles. The zero-order chi connectivity index (χ0) is 18.5. The van der Waals surface area contributed by atoms with Gasteiger partial charge in [-0.05, 0) is 26.2 Å². The van der Waals surface area contributed by atoms with E-state index in [0.717, 1.165) is 23.7 Å². The quantitative estimate of drug-likeness (QED) is 0.337. The number of guanidine groups is 1. The van der Waals surface area contributed by atoms with Crippen molar-refractivity contribution in [1.29, 1.82) is 0 Å². The standard InChI is InChI=1S/C21H35N3O2.ClH/c1-4-5-6-7-8-9-10-11-16-14-17-12-13-18-19(20(25)26-3)15(2)22-21(23-16)24(17)18;/h16-18H,4-14H2,1-3H3,(H,22,23,25);1H/t16-,17+,18-;/m1./s1. The third kappa shape index (κ3) is 4.98. The van der Waals surface area contributed by atoms with E-state index in [0.29, 0.717) is 12.1 Å². The largest absolute Gasteiger partial charge is 1.00 e. The SMILES string of the molecule is CCCCCCCCC[C@@H]1C[C@@H]2CC[C@@H]3C(C(=O)OC)=C(C)NC(=[N+]23)N1.[Cl-]. The summed E-state index contributed by atoms with van der Waals surface area (Å²) < 4.78 is 7.42. The van der Waals surface area contributed by atoms with Gasteiger partial charge in [-0.3, -0.25) is 9.89 Å².